The number of urea groups is 1. The number of esters is 1. The third-order valence-electron chi connectivity index (χ3n) is 8.90. The van der Waals surface area contributed by atoms with Crippen LogP contribution in [0.3, 0.4) is 0 Å². The Morgan fingerprint density at radius 1 is 1.00 bits per heavy atom. The zero-order valence-electron chi connectivity index (χ0n) is 24.6. The minimum absolute atomic E-state index is 0.102. The SMILES string of the molecule is CC1CN(C(=O)N[C@H](Cc2ccc(Cl)cc2)C(=O)N2CCC(C(=O)OC(C)C)(C3CCCCC3)CC2)CC(C)N1. The number of carbonyl (C=O) groups is 3. The molecule has 0 spiro atoms. The van der Waals surface area contributed by atoms with Crippen LogP contribution < -0.4 is 10.6 Å². The molecule has 4 rings (SSSR count). The van der Waals surface area contributed by atoms with Gasteiger partial charge in [-0.15, -0.1) is 0 Å². The standard InChI is InChI=1S/C31H47ClN4O4/c1-21(2)40-29(38)31(25-8-6-5-7-9-25)14-16-35(17-15-31)28(37)27(18-24-10-12-26(32)13-11-24)34-30(39)36-19-22(3)33-23(4)20-36/h10-13,21-23,25,27,33H,5-9,14-20H2,1-4H3,(H,34,39)/t22?,23?,27-/m1/s1. The van der Waals surface area contributed by atoms with E-state index in [0.29, 0.717) is 56.4 Å². The van der Waals surface area contributed by atoms with Gasteiger partial charge in [0.1, 0.15) is 6.04 Å². The van der Waals surface area contributed by atoms with Crippen LogP contribution in [0.25, 0.3) is 0 Å². The van der Waals surface area contributed by atoms with E-state index in [-0.39, 0.29) is 36.1 Å². The summed E-state index contributed by atoms with van der Waals surface area (Å²) in [5.74, 6) is 0.0921. The Balaban J connectivity index is 1.49. The number of benzene rings is 1. The number of rotatable bonds is 7. The smallest absolute Gasteiger partial charge is 0.318 e. The summed E-state index contributed by atoms with van der Waals surface area (Å²) in [6.45, 7) is 10.1. The number of amides is 3. The molecular formula is C31H47ClN4O4. The lowest BCUT2D eigenvalue weighted by atomic mass is 9.63. The molecule has 2 heterocycles. The molecule has 2 unspecified atom stereocenters. The van der Waals surface area contributed by atoms with Gasteiger partial charge < -0.3 is 25.2 Å². The summed E-state index contributed by atoms with van der Waals surface area (Å²) in [5, 5.41) is 7.14. The lowest BCUT2D eigenvalue weighted by Gasteiger charge is -2.46. The number of ether oxygens (including phenoxy) is 1. The summed E-state index contributed by atoms with van der Waals surface area (Å²) < 4.78 is 5.79. The highest BCUT2D eigenvalue weighted by atomic mass is 35.5. The minimum Gasteiger partial charge on any atom is -0.463 e. The Hall–Kier alpha value is -2.32. The van der Waals surface area contributed by atoms with Crippen molar-refractivity contribution in [1.29, 1.82) is 0 Å². The molecule has 0 radical (unpaired) electrons. The first kappa shape index (κ1) is 30.6. The monoisotopic (exact) mass is 574 g/mol. The molecule has 3 atom stereocenters. The fourth-order valence-electron chi connectivity index (χ4n) is 6.90. The molecule has 0 aromatic heterocycles. The van der Waals surface area contributed by atoms with E-state index in [0.717, 1.165) is 31.2 Å². The summed E-state index contributed by atoms with van der Waals surface area (Å²) in [6, 6.07) is 6.84. The van der Waals surface area contributed by atoms with Crippen LogP contribution in [0.2, 0.25) is 5.02 Å². The van der Waals surface area contributed by atoms with Gasteiger partial charge in [-0.05, 0) is 77.0 Å². The average Bonchev–Trinajstić information content (AvgIpc) is 2.93. The average molecular weight is 575 g/mol. The van der Waals surface area contributed by atoms with Crippen molar-refractivity contribution in [3.63, 3.8) is 0 Å². The van der Waals surface area contributed by atoms with Gasteiger partial charge in [0.25, 0.3) is 0 Å². The summed E-state index contributed by atoms with van der Waals surface area (Å²) in [5.41, 5.74) is 0.392. The predicted octanol–water partition coefficient (Wildman–Crippen LogP) is 4.78. The van der Waals surface area contributed by atoms with Crippen LogP contribution in [0.5, 0.6) is 0 Å². The van der Waals surface area contributed by atoms with Crippen molar-refractivity contribution in [2.75, 3.05) is 26.2 Å². The van der Waals surface area contributed by atoms with Crippen molar-refractivity contribution in [3.8, 4) is 0 Å². The summed E-state index contributed by atoms with van der Waals surface area (Å²) in [6.07, 6.45) is 6.99. The van der Waals surface area contributed by atoms with Crippen LogP contribution in [0, 0.1) is 11.3 Å². The number of nitrogens with zero attached hydrogens (tertiary/aromatic N) is 2. The van der Waals surface area contributed by atoms with Crippen molar-refractivity contribution < 1.29 is 19.1 Å². The number of hydrogen-bond donors (Lipinski definition) is 2. The molecule has 8 nitrogen and oxygen atoms in total. The number of likely N-dealkylation sites (tertiary alicyclic amines) is 1. The van der Waals surface area contributed by atoms with E-state index >= 15 is 0 Å². The highest BCUT2D eigenvalue weighted by Gasteiger charge is 2.50. The van der Waals surface area contributed by atoms with Crippen molar-refractivity contribution >= 4 is 29.5 Å². The quantitative estimate of drug-likeness (QED) is 0.457. The number of carbonyl (C=O) groups excluding carboxylic acids is 3. The predicted molar refractivity (Wildman–Crippen MR) is 157 cm³/mol. The Kier molecular flexibility index (Phi) is 10.4. The molecule has 2 aliphatic heterocycles. The molecule has 1 aromatic carbocycles. The van der Waals surface area contributed by atoms with E-state index in [1.807, 2.05) is 30.9 Å². The van der Waals surface area contributed by atoms with Crippen LogP contribution in [0.4, 0.5) is 4.79 Å². The normalized spacial score (nSPS) is 24.4. The van der Waals surface area contributed by atoms with Gasteiger partial charge >= 0.3 is 12.0 Å². The van der Waals surface area contributed by atoms with Crippen LogP contribution in [-0.4, -0.2) is 78.1 Å². The van der Waals surface area contributed by atoms with Gasteiger partial charge in [0, 0.05) is 49.7 Å². The number of nitrogens with one attached hydrogen (secondary N) is 2. The molecule has 222 valence electrons. The highest BCUT2D eigenvalue weighted by molar-refractivity contribution is 6.30. The van der Waals surface area contributed by atoms with E-state index in [4.69, 9.17) is 16.3 Å². The van der Waals surface area contributed by atoms with Crippen LogP contribution >= 0.6 is 11.6 Å². The Labute approximate surface area is 244 Å². The molecule has 0 bridgehead atoms. The minimum atomic E-state index is -0.709. The highest BCUT2D eigenvalue weighted by Crippen LogP contribution is 2.47. The first-order chi connectivity index (χ1) is 19.1. The third-order valence-corrected chi connectivity index (χ3v) is 9.15. The fourth-order valence-corrected chi connectivity index (χ4v) is 7.03. The molecule has 40 heavy (non-hydrogen) atoms. The lowest BCUT2D eigenvalue weighted by molar-refractivity contribution is -0.170. The van der Waals surface area contributed by atoms with Gasteiger partial charge in [0.2, 0.25) is 5.91 Å². The van der Waals surface area contributed by atoms with Crippen LogP contribution in [0.15, 0.2) is 24.3 Å². The van der Waals surface area contributed by atoms with E-state index < -0.39 is 11.5 Å². The van der Waals surface area contributed by atoms with Crippen LogP contribution in [0.1, 0.15) is 78.2 Å². The largest absolute Gasteiger partial charge is 0.463 e. The number of piperazine rings is 1. The molecule has 1 aromatic rings. The number of hydrogen-bond acceptors (Lipinski definition) is 5. The van der Waals surface area contributed by atoms with Gasteiger partial charge in [-0.3, -0.25) is 9.59 Å². The van der Waals surface area contributed by atoms with E-state index in [2.05, 4.69) is 24.5 Å². The molecule has 3 amide bonds. The Morgan fingerprint density at radius 2 is 1.60 bits per heavy atom. The van der Waals surface area contributed by atoms with Crippen molar-refractivity contribution in [3.05, 3.63) is 34.9 Å². The van der Waals surface area contributed by atoms with Crippen molar-refractivity contribution in [1.82, 2.24) is 20.4 Å². The van der Waals surface area contributed by atoms with Crippen molar-refractivity contribution in [2.24, 2.45) is 11.3 Å². The van der Waals surface area contributed by atoms with Crippen molar-refractivity contribution in [2.45, 2.75) is 103 Å². The van der Waals surface area contributed by atoms with Crippen LogP contribution in [-0.2, 0) is 20.7 Å². The molecule has 3 fully saturated rings. The second kappa shape index (κ2) is 13.6. The molecule has 3 aliphatic rings. The molecule has 2 N–H and O–H groups in total. The lowest BCUT2D eigenvalue weighted by Crippen LogP contribution is -2.61. The fraction of sp³-hybridized carbons (Fsp3) is 0.710. The Bertz CT molecular complexity index is 1010. The zero-order chi connectivity index (χ0) is 28.9. The summed E-state index contributed by atoms with van der Waals surface area (Å²) in [7, 11) is 0. The topological polar surface area (TPSA) is 91.0 Å². The molecule has 9 heteroatoms. The maximum atomic E-state index is 14.0. The number of piperidine rings is 1. The van der Waals surface area contributed by atoms with Gasteiger partial charge in [-0.25, -0.2) is 4.79 Å². The summed E-state index contributed by atoms with van der Waals surface area (Å²) >= 11 is 6.10. The Morgan fingerprint density at radius 3 is 2.17 bits per heavy atom. The second-order valence-corrected chi connectivity index (χ2v) is 12.9. The first-order valence-electron chi connectivity index (χ1n) is 15.1. The third kappa shape index (κ3) is 7.49. The van der Waals surface area contributed by atoms with Gasteiger partial charge in [0.05, 0.1) is 11.5 Å². The second-order valence-electron chi connectivity index (χ2n) is 12.5. The van der Waals surface area contributed by atoms with Gasteiger partial charge in [-0.2, -0.15) is 0 Å². The number of halogens is 1. The maximum Gasteiger partial charge on any atom is 0.318 e. The summed E-state index contributed by atoms with van der Waals surface area (Å²) in [4.78, 5) is 44.5. The molecule has 1 aliphatic carbocycles. The van der Waals surface area contributed by atoms with Gasteiger partial charge in [0.15, 0.2) is 0 Å². The molecule has 2 saturated heterocycles. The first-order valence-corrected chi connectivity index (χ1v) is 15.5. The molecule has 1 saturated carbocycles. The van der Waals surface area contributed by atoms with E-state index in [1.165, 1.54) is 6.42 Å². The van der Waals surface area contributed by atoms with E-state index in [1.54, 1.807) is 17.0 Å². The van der Waals surface area contributed by atoms with Gasteiger partial charge in [-0.1, -0.05) is 43.0 Å². The zero-order valence-corrected chi connectivity index (χ0v) is 25.3. The molecular weight excluding hydrogens is 528 g/mol. The maximum absolute atomic E-state index is 14.0. The van der Waals surface area contributed by atoms with E-state index in [9.17, 15) is 14.4 Å².